The molecule has 0 fully saturated rings. The van der Waals surface area contributed by atoms with E-state index in [2.05, 4.69) is 11.8 Å². The fourth-order valence-electron chi connectivity index (χ4n) is 0.992. The third-order valence-corrected chi connectivity index (χ3v) is 1.61. The average molecular weight is 205 g/mol. The number of ether oxygens (including phenoxy) is 1. The van der Waals surface area contributed by atoms with Crippen LogP contribution in [-0.2, 0) is 4.79 Å². The summed E-state index contributed by atoms with van der Waals surface area (Å²) in [7, 11) is 1.40. The predicted molar refractivity (Wildman–Crippen MR) is 52.6 cm³/mol. The Kier molecular flexibility index (Phi) is 3.41. The molecule has 0 radical (unpaired) electrons. The molecule has 1 aromatic carbocycles. The lowest BCUT2D eigenvalue weighted by Crippen LogP contribution is -1.91. The van der Waals surface area contributed by atoms with Crippen LogP contribution in [-0.4, -0.2) is 18.3 Å². The molecule has 0 aliphatic rings. The third kappa shape index (κ3) is 2.81. The molecule has 0 aliphatic carbocycles. The molecular weight excluding hydrogens is 198 g/mol. The van der Waals surface area contributed by atoms with E-state index in [-0.39, 0.29) is 5.69 Å². The van der Waals surface area contributed by atoms with Gasteiger partial charge in [0, 0.05) is 11.6 Å². The highest BCUT2D eigenvalue weighted by Gasteiger charge is 2.08. The van der Waals surface area contributed by atoms with Gasteiger partial charge in [-0.25, -0.2) is 0 Å². The minimum atomic E-state index is -0.547. The Morgan fingerprint density at radius 3 is 2.73 bits per heavy atom. The molecule has 1 rings (SSSR count). The SMILES string of the molecule is COc1cc(C#CC=O)cc([N+](=O)[O-])c1. The molecule has 76 valence electrons. The van der Waals surface area contributed by atoms with Crippen molar-refractivity contribution >= 4 is 12.0 Å². The van der Waals surface area contributed by atoms with E-state index in [4.69, 9.17) is 4.74 Å². The molecule has 0 N–H and O–H groups in total. The maximum atomic E-state index is 10.5. The molecule has 5 nitrogen and oxygen atoms in total. The minimum absolute atomic E-state index is 0.121. The highest BCUT2D eigenvalue weighted by molar-refractivity contribution is 5.74. The second-order valence-corrected chi connectivity index (χ2v) is 2.56. The Bertz CT molecular complexity index is 456. The van der Waals surface area contributed by atoms with Gasteiger partial charge >= 0.3 is 0 Å². The van der Waals surface area contributed by atoms with Crippen molar-refractivity contribution in [3.8, 4) is 17.6 Å². The predicted octanol–water partition coefficient (Wildman–Crippen LogP) is 1.15. The quantitative estimate of drug-likeness (QED) is 0.314. The number of aldehydes is 1. The topological polar surface area (TPSA) is 69.4 Å². The first kappa shape index (κ1) is 10.7. The lowest BCUT2D eigenvalue weighted by Gasteiger charge is -1.99. The first-order valence-electron chi connectivity index (χ1n) is 3.96. The van der Waals surface area contributed by atoms with E-state index >= 15 is 0 Å². The van der Waals surface area contributed by atoms with Crippen LogP contribution in [0.15, 0.2) is 18.2 Å². The second kappa shape index (κ2) is 4.77. The van der Waals surface area contributed by atoms with Crippen molar-refractivity contribution < 1.29 is 14.5 Å². The van der Waals surface area contributed by atoms with Gasteiger partial charge in [-0.05, 0) is 12.0 Å². The number of carbonyl (C=O) groups is 1. The first-order valence-corrected chi connectivity index (χ1v) is 3.96. The summed E-state index contributed by atoms with van der Waals surface area (Å²) in [6.07, 6.45) is 0.422. The van der Waals surface area contributed by atoms with Crippen LogP contribution in [0.4, 0.5) is 5.69 Å². The Labute approximate surface area is 85.8 Å². The molecule has 0 aliphatic heterocycles. The van der Waals surface area contributed by atoms with Crippen molar-refractivity contribution in [2.75, 3.05) is 7.11 Å². The number of nitro groups is 1. The molecule has 0 bridgehead atoms. The molecule has 0 atom stereocenters. The van der Waals surface area contributed by atoms with Crippen molar-refractivity contribution in [1.82, 2.24) is 0 Å². The summed E-state index contributed by atoms with van der Waals surface area (Å²) in [5.74, 6) is 4.97. The zero-order valence-electron chi connectivity index (χ0n) is 7.89. The van der Waals surface area contributed by atoms with E-state index in [1.807, 2.05) is 0 Å². The van der Waals surface area contributed by atoms with Gasteiger partial charge in [0.1, 0.15) is 5.75 Å². The molecule has 15 heavy (non-hydrogen) atoms. The highest BCUT2D eigenvalue weighted by atomic mass is 16.6. The maximum Gasteiger partial charge on any atom is 0.274 e. The summed E-state index contributed by atoms with van der Waals surface area (Å²) in [5, 5.41) is 10.5. The van der Waals surface area contributed by atoms with Gasteiger partial charge in [-0.1, -0.05) is 5.92 Å². The molecular formula is C10H7NO4. The molecule has 0 amide bonds. The van der Waals surface area contributed by atoms with Gasteiger partial charge in [-0.2, -0.15) is 0 Å². The summed E-state index contributed by atoms with van der Waals surface area (Å²) >= 11 is 0. The zero-order chi connectivity index (χ0) is 11.3. The smallest absolute Gasteiger partial charge is 0.274 e. The van der Waals surface area contributed by atoms with Gasteiger partial charge in [-0.15, -0.1) is 0 Å². The number of hydrogen-bond donors (Lipinski definition) is 0. The standard InChI is InChI=1S/C10H7NO4/c1-15-10-6-8(3-2-4-12)5-9(7-10)11(13)14/h4-7H,1H3. The molecule has 0 saturated carbocycles. The number of benzene rings is 1. The number of carbonyl (C=O) groups excluding carboxylic acids is 1. The number of hydrogen-bond acceptors (Lipinski definition) is 4. The number of rotatable bonds is 2. The largest absolute Gasteiger partial charge is 0.496 e. The second-order valence-electron chi connectivity index (χ2n) is 2.56. The monoisotopic (exact) mass is 205 g/mol. The Hall–Kier alpha value is -2.35. The van der Waals surface area contributed by atoms with Gasteiger partial charge in [0.05, 0.1) is 18.1 Å². The van der Waals surface area contributed by atoms with Crippen LogP contribution in [0.2, 0.25) is 0 Å². The molecule has 0 unspecified atom stereocenters. The van der Waals surface area contributed by atoms with E-state index in [1.54, 1.807) is 0 Å². The summed E-state index contributed by atoms with van der Waals surface area (Å²) in [6.45, 7) is 0. The summed E-state index contributed by atoms with van der Waals surface area (Å²) < 4.78 is 4.87. The summed E-state index contributed by atoms with van der Waals surface area (Å²) in [6, 6.07) is 4.08. The van der Waals surface area contributed by atoms with Gasteiger partial charge in [0.15, 0.2) is 6.29 Å². The van der Waals surface area contributed by atoms with E-state index < -0.39 is 4.92 Å². The van der Waals surface area contributed by atoms with Gasteiger partial charge in [0.2, 0.25) is 0 Å². The normalized spacial score (nSPS) is 8.60. The molecule has 5 heteroatoms. The lowest BCUT2D eigenvalue weighted by molar-refractivity contribution is -0.384. The van der Waals surface area contributed by atoms with Crippen LogP contribution >= 0.6 is 0 Å². The molecule has 1 aromatic rings. The number of methoxy groups -OCH3 is 1. The van der Waals surface area contributed by atoms with E-state index in [0.717, 1.165) is 0 Å². The van der Waals surface area contributed by atoms with Crippen molar-refractivity contribution in [2.24, 2.45) is 0 Å². The molecule has 0 spiro atoms. The molecule has 0 aromatic heterocycles. The first-order chi connectivity index (χ1) is 7.17. The van der Waals surface area contributed by atoms with Crippen molar-refractivity contribution in [3.05, 3.63) is 33.9 Å². The fraction of sp³-hybridized carbons (Fsp3) is 0.100. The fourth-order valence-corrected chi connectivity index (χ4v) is 0.992. The van der Waals surface area contributed by atoms with Gasteiger partial charge < -0.3 is 4.74 Å². The van der Waals surface area contributed by atoms with Gasteiger partial charge in [0.25, 0.3) is 5.69 Å². The maximum absolute atomic E-state index is 10.5. The molecule has 0 heterocycles. The minimum Gasteiger partial charge on any atom is -0.496 e. The van der Waals surface area contributed by atoms with Crippen molar-refractivity contribution in [3.63, 3.8) is 0 Å². The number of nitro benzene ring substituents is 1. The Balaban J connectivity index is 3.22. The summed E-state index contributed by atoms with van der Waals surface area (Å²) in [5.41, 5.74) is 0.248. The number of nitrogens with zero attached hydrogens (tertiary/aromatic N) is 1. The van der Waals surface area contributed by atoms with E-state index in [1.165, 1.54) is 25.3 Å². The third-order valence-electron chi connectivity index (χ3n) is 1.61. The van der Waals surface area contributed by atoms with Crippen LogP contribution in [0.5, 0.6) is 5.75 Å². The zero-order valence-corrected chi connectivity index (χ0v) is 7.89. The molecule has 0 saturated heterocycles. The van der Waals surface area contributed by atoms with E-state index in [9.17, 15) is 14.9 Å². The van der Waals surface area contributed by atoms with Crippen LogP contribution < -0.4 is 4.74 Å². The van der Waals surface area contributed by atoms with Crippen LogP contribution in [0.1, 0.15) is 5.56 Å². The Morgan fingerprint density at radius 1 is 1.47 bits per heavy atom. The van der Waals surface area contributed by atoms with Crippen molar-refractivity contribution in [2.45, 2.75) is 0 Å². The van der Waals surface area contributed by atoms with Gasteiger partial charge in [-0.3, -0.25) is 14.9 Å². The lowest BCUT2D eigenvalue weighted by atomic mass is 10.2. The van der Waals surface area contributed by atoms with Crippen LogP contribution in [0, 0.1) is 22.0 Å². The average Bonchev–Trinajstić information content (AvgIpc) is 2.25. The van der Waals surface area contributed by atoms with Crippen LogP contribution in [0.3, 0.4) is 0 Å². The highest BCUT2D eigenvalue weighted by Crippen LogP contribution is 2.21. The van der Waals surface area contributed by atoms with E-state index in [0.29, 0.717) is 17.6 Å². The number of non-ortho nitro benzene ring substituents is 1. The van der Waals surface area contributed by atoms with Crippen molar-refractivity contribution in [1.29, 1.82) is 0 Å². The summed E-state index contributed by atoms with van der Waals surface area (Å²) in [4.78, 5) is 20.0. The Morgan fingerprint density at radius 2 is 2.20 bits per heavy atom. The van der Waals surface area contributed by atoms with Crippen LogP contribution in [0.25, 0.3) is 0 Å².